The Morgan fingerprint density at radius 1 is 0.895 bits per heavy atom. The predicted molar refractivity (Wildman–Crippen MR) is 86.1 cm³/mol. The number of hydrogen-bond acceptors (Lipinski definition) is 3. The highest BCUT2D eigenvalue weighted by atomic mass is 32.2. The van der Waals surface area contributed by atoms with Gasteiger partial charge in [0, 0.05) is 12.2 Å². The Morgan fingerprint density at radius 3 is 1.95 bits per heavy atom. The number of carbonyl (C=O) groups is 1. The molecule has 0 spiro atoms. The van der Waals surface area contributed by atoms with E-state index >= 15 is 0 Å². The van der Waals surface area contributed by atoms with Gasteiger partial charge >= 0.3 is 0 Å². The Kier molecular flexibility index (Phi) is 15.7. The fourth-order valence-electron chi connectivity index (χ4n) is 2.03. The molecule has 0 aromatic carbocycles. The quantitative estimate of drug-likeness (QED) is 0.220. The first-order valence-corrected chi connectivity index (χ1v) is 9.04. The molecular weight excluding hydrogens is 256 g/mol. The third-order valence-electron chi connectivity index (χ3n) is 3.28. The number of unbranched alkanes of at least 4 members (excludes halogenated alkanes) is 9. The normalized spacial score (nSPS) is 10.6. The number of thioether (sulfide) groups is 1. The summed E-state index contributed by atoms with van der Waals surface area (Å²) < 4.78 is 0. The average molecular weight is 289 g/mol. The van der Waals surface area contributed by atoms with Gasteiger partial charge in [-0.2, -0.15) is 11.8 Å². The second-order valence-corrected chi connectivity index (χ2v) is 6.34. The van der Waals surface area contributed by atoms with Gasteiger partial charge in [0.15, 0.2) is 0 Å². The highest BCUT2D eigenvalue weighted by Crippen LogP contribution is 2.12. The molecule has 0 saturated carbocycles. The third-order valence-corrected chi connectivity index (χ3v) is 4.35. The molecule has 0 aliphatic carbocycles. The van der Waals surface area contributed by atoms with E-state index in [1.165, 1.54) is 70.0 Å². The van der Waals surface area contributed by atoms with E-state index in [9.17, 15) is 4.79 Å². The smallest absolute Gasteiger partial charge is 0.234 e. The second kappa shape index (κ2) is 15.8. The monoisotopic (exact) mass is 288 g/mol. The summed E-state index contributed by atoms with van der Waals surface area (Å²) in [6, 6.07) is 0. The van der Waals surface area contributed by atoms with Crippen molar-refractivity contribution in [2.45, 2.75) is 77.6 Å². The highest BCUT2D eigenvalue weighted by Gasteiger charge is 1.97. The van der Waals surface area contributed by atoms with E-state index in [1.54, 1.807) is 0 Å². The molecule has 1 amide bonds. The van der Waals surface area contributed by atoms with Crippen molar-refractivity contribution in [3.05, 3.63) is 0 Å². The van der Waals surface area contributed by atoms with Crippen LogP contribution in [0.3, 0.4) is 0 Å². The van der Waals surface area contributed by atoms with Gasteiger partial charge in [0.05, 0.1) is 0 Å². The fraction of sp³-hybridized carbons (Fsp3) is 0.933. The van der Waals surface area contributed by atoms with Crippen LogP contribution in [0.4, 0.5) is 0 Å². The van der Waals surface area contributed by atoms with Crippen LogP contribution in [0.1, 0.15) is 77.6 Å². The summed E-state index contributed by atoms with van der Waals surface area (Å²) in [4.78, 5) is 10.9. The number of hydrazine groups is 1. The molecule has 3 N–H and O–H groups in total. The molecule has 0 atom stereocenters. The van der Waals surface area contributed by atoms with Crippen LogP contribution in [-0.4, -0.2) is 17.4 Å². The first kappa shape index (κ1) is 18.8. The zero-order chi connectivity index (χ0) is 14.2. The second-order valence-electron chi connectivity index (χ2n) is 5.11. The van der Waals surface area contributed by atoms with Crippen LogP contribution in [0, 0.1) is 0 Å². The first-order chi connectivity index (χ1) is 9.31. The molecule has 0 aromatic rings. The summed E-state index contributed by atoms with van der Waals surface area (Å²) in [5.74, 6) is 7.02. The number of nitrogens with two attached hydrogens (primary N) is 1. The standard InChI is InChI=1S/C15H32N2OS/c1-2-3-4-5-6-7-8-9-10-11-13-19-14-12-15(18)17-16/h2-14,16H2,1H3,(H,17,18). The van der Waals surface area contributed by atoms with E-state index < -0.39 is 0 Å². The van der Waals surface area contributed by atoms with Gasteiger partial charge in [0.25, 0.3) is 0 Å². The van der Waals surface area contributed by atoms with Crippen molar-refractivity contribution < 1.29 is 4.79 Å². The molecular formula is C15H32N2OS. The molecule has 0 saturated heterocycles. The molecule has 0 unspecified atom stereocenters. The Balaban J connectivity index is 2.97. The molecule has 0 bridgehead atoms. The summed E-state index contributed by atoms with van der Waals surface area (Å²) in [5.41, 5.74) is 2.16. The Bertz CT molecular complexity index is 201. The number of nitrogens with one attached hydrogen (secondary N) is 1. The molecule has 0 heterocycles. The lowest BCUT2D eigenvalue weighted by molar-refractivity contribution is -0.120. The van der Waals surface area contributed by atoms with Crippen LogP contribution >= 0.6 is 11.8 Å². The summed E-state index contributed by atoms with van der Waals surface area (Å²) in [5, 5.41) is 0. The summed E-state index contributed by atoms with van der Waals surface area (Å²) in [7, 11) is 0. The molecule has 0 aliphatic heterocycles. The summed E-state index contributed by atoms with van der Waals surface area (Å²) in [6.07, 6.45) is 14.3. The van der Waals surface area contributed by atoms with Gasteiger partial charge in [-0.3, -0.25) is 10.2 Å². The SMILES string of the molecule is CCCCCCCCCCCCSCCC(=O)NN. The first-order valence-electron chi connectivity index (χ1n) is 7.88. The van der Waals surface area contributed by atoms with Crippen LogP contribution in [0.15, 0.2) is 0 Å². The van der Waals surface area contributed by atoms with Crippen molar-refractivity contribution in [2.24, 2.45) is 5.84 Å². The predicted octanol–water partition coefficient (Wildman–Crippen LogP) is 4.02. The van der Waals surface area contributed by atoms with E-state index in [0.29, 0.717) is 6.42 Å². The average Bonchev–Trinajstić information content (AvgIpc) is 2.43. The minimum Gasteiger partial charge on any atom is -0.294 e. The van der Waals surface area contributed by atoms with E-state index in [4.69, 9.17) is 5.84 Å². The van der Waals surface area contributed by atoms with Gasteiger partial charge in [0.2, 0.25) is 5.91 Å². The van der Waals surface area contributed by atoms with Crippen molar-refractivity contribution >= 4 is 17.7 Å². The topological polar surface area (TPSA) is 55.1 Å². The van der Waals surface area contributed by atoms with Crippen molar-refractivity contribution in [1.82, 2.24) is 5.43 Å². The minimum atomic E-state index is -0.0597. The van der Waals surface area contributed by atoms with E-state index in [0.717, 1.165) is 5.75 Å². The van der Waals surface area contributed by atoms with Crippen molar-refractivity contribution in [3.8, 4) is 0 Å². The number of hydrogen-bond donors (Lipinski definition) is 2. The van der Waals surface area contributed by atoms with Gasteiger partial charge in [-0.05, 0) is 12.2 Å². The minimum absolute atomic E-state index is 0.0597. The molecule has 19 heavy (non-hydrogen) atoms. The maximum absolute atomic E-state index is 10.9. The van der Waals surface area contributed by atoms with Crippen molar-refractivity contribution in [1.29, 1.82) is 0 Å². The van der Waals surface area contributed by atoms with Crippen molar-refractivity contribution in [3.63, 3.8) is 0 Å². The zero-order valence-corrected chi connectivity index (χ0v) is 13.4. The van der Waals surface area contributed by atoms with Gasteiger partial charge in [-0.15, -0.1) is 0 Å². The van der Waals surface area contributed by atoms with Gasteiger partial charge in [-0.1, -0.05) is 64.7 Å². The maximum Gasteiger partial charge on any atom is 0.234 e. The molecule has 0 aromatic heterocycles. The van der Waals surface area contributed by atoms with Crippen LogP contribution in [0.5, 0.6) is 0 Å². The van der Waals surface area contributed by atoms with Gasteiger partial charge in [-0.25, -0.2) is 5.84 Å². The highest BCUT2D eigenvalue weighted by molar-refractivity contribution is 7.99. The number of amides is 1. The van der Waals surface area contributed by atoms with Crippen molar-refractivity contribution in [2.75, 3.05) is 11.5 Å². The zero-order valence-electron chi connectivity index (χ0n) is 12.6. The van der Waals surface area contributed by atoms with Gasteiger partial charge in [0.1, 0.15) is 0 Å². The van der Waals surface area contributed by atoms with E-state index in [-0.39, 0.29) is 5.91 Å². The van der Waals surface area contributed by atoms with E-state index in [2.05, 4.69) is 12.3 Å². The lowest BCUT2D eigenvalue weighted by Crippen LogP contribution is -2.30. The summed E-state index contributed by atoms with van der Waals surface area (Å²) in [6.45, 7) is 2.26. The third kappa shape index (κ3) is 15.7. The van der Waals surface area contributed by atoms with Crippen LogP contribution < -0.4 is 11.3 Å². The Hall–Kier alpha value is -0.220. The van der Waals surface area contributed by atoms with Crippen LogP contribution in [0.25, 0.3) is 0 Å². The number of carbonyl (C=O) groups excluding carboxylic acids is 1. The van der Waals surface area contributed by atoms with E-state index in [1.807, 2.05) is 11.8 Å². The van der Waals surface area contributed by atoms with Gasteiger partial charge < -0.3 is 0 Å². The van der Waals surface area contributed by atoms with Crippen LogP contribution in [-0.2, 0) is 4.79 Å². The molecule has 3 nitrogen and oxygen atoms in total. The molecule has 0 rings (SSSR count). The lowest BCUT2D eigenvalue weighted by atomic mass is 10.1. The summed E-state index contributed by atoms with van der Waals surface area (Å²) >= 11 is 1.86. The molecule has 0 fully saturated rings. The number of rotatable bonds is 14. The lowest BCUT2D eigenvalue weighted by Gasteiger charge is -2.03. The maximum atomic E-state index is 10.9. The molecule has 4 heteroatoms. The molecule has 0 radical (unpaired) electrons. The molecule has 0 aliphatic rings. The van der Waals surface area contributed by atoms with Crippen LogP contribution in [0.2, 0.25) is 0 Å². The fourth-order valence-corrected chi connectivity index (χ4v) is 2.97. The Labute approximate surface area is 123 Å². The Morgan fingerprint density at radius 2 is 1.42 bits per heavy atom. The molecule has 114 valence electrons. The largest absolute Gasteiger partial charge is 0.294 e.